The van der Waals surface area contributed by atoms with Crippen LogP contribution < -0.4 is 10.2 Å². The van der Waals surface area contributed by atoms with Crippen LogP contribution in [0.3, 0.4) is 0 Å². The van der Waals surface area contributed by atoms with Crippen molar-refractivity contribution in [3.05, 3.63) is 10.7 Å². The Hall–Kier alpha value is -1.54. The quantitative estimate of drug-likeness (QED) is 0.812. The summed E-state index contributed by atoms with van der Waals surface area (Å²) in [4.78, 5) is 10.5. The van der Waals surface area contributed by atoms with Gasteiger partial charge in [-0.3, -0.25) is 0 Å². The molecule has 1 aromatic heterocycles. The van der Waals surface area contributed by atoms with Crippen LogP contribution in [0.1, 0.15) is 33.3 Å². The van der Waals surface area contributed by atoms with E-state index in [1.165, 1.54) is 0 Å². The largest absolute Gasteiger partial charge is 0.356 e. The van der Waals surface area contributed by atoms with E-state index in [9.17, 15) is 5.26 Å². The molecule has 0 aliphatic rings. The van der Waals surface area contributed by atoms with Crippen LogP contribution in [0.2, 0.25) is 5.15 Å². The highest BCUT2D eigenvalue weighted by Gasteiger charge is 2.16. The van der Waals surface area contributed by atoms with E-state index in [2.05, 4.69) is 35.2 Å². The van der Waals surface area contributed by atoms with Gasteiger partial charge in [0.15, 0.2) is 11.0 Å². The third-order valence-electron chi connectivity index (χ3n) is 2.69. The van der Waals surface area contributed by atoms with E-state index in [1.807, 2.05) is 18.7 Å². The molecule has 1 N–H and O–H groups in total. The van der Waals surface area contributed by atoms with Crippen molar-refractivity contribution in [3.63, 3.8) is 0 Å². The first-order chi connectivity index (χ1) is 9.03. The normalized spacial score (nSPS) is 10.4. The number of anilines is 2. The van der Waals surface area contributed by atoms with E-state index < -0.39 is 0 Å². The van der Waals surface area contributed by atoms with E-state index in [0.29, 0.717) is 23.2 Å². The molecule has 0 amide bonds. The van der Waals surface area contributed by atoms with Gasteiger partial charge in [-0.2, -0.15) is 15.2 Å². The average molecular weight is 282 g/mol. The molecule has 104 valence electrons. The maximum absolute atomic E-state index is 9.19. The molecule has 0 radical (unpaired) electrons. The zero-order chi connectivity index (χ0) is 14.4. The fraction of sp³-hybridized carbons (Fsp3) is 0.615. The van der Waals surface area contributed by atoms with Gasteiger partial charge in [0.05, 0.1) is 0 Å². The van der Waals surface area contributed by atoms with Gasteiger partial charge in [0, 0.05) is 19.6 Å². The maximum Gasteiger partial charge on any atom is 0.226 e. The van der Waals surface area contributed by atoms with Crippen molar-refractivity contribution in [1.29, 1.82) is 5.26 Å². The molecule has 0 aromatic carbocycles. The van der Waals surface area contributed by atoms with Crippen LogP contribution in [0, 0.1) is 17.2 Å². The Balaban J connectivity index is 3.15. The minimum absolute atomic E-state index is 0.200. The summed E-state index contributed by atoms with van der Waals surface area (Å²) in [7, 11) is 0. The number of nitrogens with one attached hydrogen (secondary N) is 1. The molecule has 0 atom stereocenters. The van der Waals surface area contributed by atoms with E-state index in [1.54, 1.807) is 0 Å². The Bertz CT molecular complexity index is 463. The molecule has 0 fully saturated rings. The first-order valence-electron chi connectivity index (χ1n) is 6.49. The standard InChI is InChI=1S/C13H20ClN5/c1-5-19(6-2)12-10(7-15)11(14)17-13(18-12)16-8-9(3)4/h9H,5-6,8H2,1-4H3,(H,16,17,18). The lowest BCUT2D eigenvalue weighted by Crippen LogP contribution is -2.25. The molecule has 1 heterocycles. The number of halogens is 1. The number of rotatable bonds is 6. The third kappa shape index (κ3) is 3.97. The summed E-state index contributed by atoms with van der Waals surface area (Å²) >= 11 is 6.07. The Morgan fingerprint density at radius 1 is 1.32 bits per heavy atom. The van der Waals surface area contributed by atoms with Gasteiger partial charge in [-0.25, -0.2) is 0 Å². The fourth-order valence-corrected chi connectivity index (χ4v) is 1.85. The number of hydrogen-bond donors (Lipinski definition) is 1. The molecule has 1 aromatic rings. The van der Waals surface area contributed by atoms with Gasteiger partial charge in [0.25, 0.3) is 0 Å². The topological polar surface area (TPSA) is 64.8 Å². The van der Waals surface area contributed by atoms with Gasteiger partial charge in [0.2, 0.25) is 5.95 Å². The molecule has 0 bridgehead atoms. The van der Waals surface area contributed by atoms with Crippen molar-refractivity contribution in [2.24, 2.45) is 5.92 Å². The molecule has 0 saturated heterocycles. The first-order valence-corrected chi connectivity index (χ1v) is 6.87. The second kappa shape index (κ2) is 7.15. The van der Waals surface area contributed by atoms with Crippen LogP contribution in [0.5, 0.6) is 0 Å². The number of aromatic nitrogens is 2. The van der Waals surface area contributed by atoms with Crippen LogP contribution >= 0.6 is 11.6 Å². The molecule has 0 aliphatic heterocycles. The van der Waals surface area contributed by atoms with E-state index >= 15 is 0 Å². The second-order valence-corrected chi connectivity index (χ2v) is 4.95. The number of nitrogens with zero attached hydrogens (tertiary/aromatic N) is 4. The summed E-state index contributed by atoms with van der Waals surface area (Å²) < 4.78 is 0. The van der Waals surface area contributed by atoms with Gasteiger partial charge >= 0.3 is 0 Å². The predicted octanol–water partition coefficient (Wildman–Crippen LogP) is 2.92. The zero-order valence-corrected chi connectivity index (χ0v) is 12.6. The molecular formula is C13H20ClN5. The van der Waals surface area contributed by atoms with Crippen molar-refractivity contribution >= 4 is 23.4 Å². The van der Waals surface area contributed by atoms with Gasteiger partial charge in [-0.15, -0.1) is 0 Å². The number of nitriles is 1. The minimum atomic E-state index is 0.200. The lowest BCUT2D eigenvalue weighted by atomic mass is 10.2. The van der Waals surface area contributed by atoms with Crippen LogP contribution in [-0.4, -0.2) is 29.6 Å². The van der Waals surface area contributed by atoms with Gasteiger partial charge < -0.3 is 10.2 Å². The Labute approximate surface area is 119 Å². The first kappa shape index (κ1) is 15.5. The van der Waals surface area contributed by atoms with E-state index in [-0.39, 0.29) is 5.15 Å². The highest BCUT2D eigenvalue weighted by atomic mass is 35.5. The summed E-state index contributed by atoms with van der Waals surface area (Å²) in [5, 5.41) is 12.5. The van der Waals surface area contributed by atoms with Crippen LogP contribution in [0.15, 0.2) is 0 Å². The molecule has 0 unspecified atom stereocenters. The predicted molar refractivity (Wildman–Crippen MR) is 78.6 cm³/mol. The monoisotopic (exact) mass is 281 g/mol. The Morgan fingerprint density at radius 2 is 1.95 bits per heavy atom. The highest BCUT2D eigenvalue weighted by molar-refractivity contribution is 6.31. The average Bonchev–Trinajstić information content (AvgIpc) is 2.37. The smallest absolute Gasteiger partial charge is 0.226 e. The van der Waals surface area contributed by atoms with Gasteiger partial charge in [-0.1, -0.05) is 25.4 Å². The minimum Gasteiger partial charge on any atom is -0.356 e. The molecule has 5 nitrogen and oxygen atoms in total. The Morgan fingerprint density at radius 3 is 2.42 bits per heavy atom. The summed E-state index contributed by atoms with van der Waals surface area (Å²) in [6, 6.07) is 2.08. The maximum atomic E-state index is 9.19. The summed E-state index contributed by atoms with van der Waals surface area (Å²) in [5.41, 5.74) is 0.334. The summed E-state index contributed by atoms with van der Waals surface area (Å²) in [6.07, 6.45) is 0. The molecule has 19 heavy (non-hydrogen) atoms. The molecule has 0 aliphatic carbocycles. The Kier molecular flexibility index (Phi) is 5.84. The fourth-order valence-electron chi connectivity index (χ4n) is 1.64. The highest BCUT2D eigenvalue weighted by Crippen LogP contribution is 2.25. The van der Waals surface area contributed by atoms with E-state index in [4.69, 9.17) is 11.6 Å². The zero-order valence-electron chi connectivity index (χ0n) is 11.9. The van der Waals surface area contributed by atoms with Crippen molar-refractivity contribution < 1.29 is 0 Å². The molecule has 0 saturated carbocycles. The molecule has 6 heteroatoms. The molecular weight excluding hydrogens is 262 g/mol. The lowest BCUT2D eigenvalue weighted by Gasteiger charge is -2.21. The summed E-state index contributed by atoms with van der Waals surface area (Å²) in [6.45, 7) is 10.5. The second-order valence-electron chi connectivity index (χ2n) is 4.60. The molecule has 0 spiro atoms. The van der Waals surface area contributed by atoms with Gasteiger partial charge in [0.1, 0.15) is 11.6 Å². The lowest BCUT2D eigenvalue weighted by molar-refractivity contribution is 0.684. The van der Waals surface area contributed by atoms with Crippen molar-refractivity contribution in [3.8, 4) is 6.07 Å². The van der Waals surface area contributed by atoms with Crippen molar-refractivity contribution in [2.45, 2.75) is 27.7 Å². The SMILES string of the molecule is CCN(CC)c1nc(NCC(C)C)nc(Cl)c1C#N. The van der Waals surface area contributed by atoms with Crippen LogP contribution in [0.25, 0.3) is 0 Å². The van der Waals surface area contributed by atoms with Gasteiger partial charge in [-0.05, 0) is 19.8 Å². The van der Waals surface area contributed by atoms with Crippen LogP contribution in [0.4, 0.5) is 11.8 Å². The van der Waals surface area contributed by atoms with Crippen molar-refractivity contribution in [2.75, 3.05) is 29.9 Å². The summed E-state index contributed by atoms with van der Waals surface area (Å²) in [5.74, 6) is 1.55. The number of hydrogen-bond acceptors (Lipinski definition) is 5. The van der Waals surface area contributed by atoms with E-state index in [0.717, 1.165) is 19.6 Å². The van der Waals surface area contributed by atoms with Crippen LogP contribution in [-0.2, 0) is 0 Å². The third-order valence-corrected chi connectivity index (χ3v) is 2.96. The molecule has 1 rings (SSSR count). The van der Waals surface area contributed by atoms with Crippen molar-refractivity contribution in [1.82, 2.24) is 9.97 Å².